The van der Waals surface area contributed by atoms with Gasteiger partial charge in [-0.2, -0.15) is 4.90 Å². The summed E-state index contributed by atoms with van der Waals surface area (Å²) in [6.45, 7) is 12.6. The van der Waals surface area contributed by atoms with E-state index < -0.39 is 23.4 Å². The van der Waals surface area contributed by atoms with Gasteiger partial charge in [0.25, 0.3) is 0 Å². The third-order valence-electron chi connectivity index (χ3n) is 6.33. The number of anilines is 1. The van der Waals surface area contributed by atoms with Crippen molar-refractivity contribution in [2.45, 2.75) is 78.2 Å². The molecule has 1 aromatic carbocycles. The number of hydrogen-bond donors (Lipinski definition) is 0. The Labute approximate surface area is 254 Å². The summed E-state index contributed by atoms with van der Waals surface area (Å²) >= 11 is 3.32. The predicted octanol–water partition coefficient (Wildman–Crippen LogP) is 6.85. The van der Waals surface area contributed by atoms with Gasteiger partial charge in [0.05, 0.1) is 6.20 Å². The lowest BCUT2D eigenvalue weighted by atomic mass is 10.1. The van der Waals surface area contributed by atoms with E-state index >= 15 is 0 Å². The molecule has 0 radical (unpaired) electrons. The molecule has 42 heavy (non-hydrogen) atoms. The molecular formula is C30H38BrN5O6. The Bertz CT molecular complexity index is 1360. The number of carbonyl (C=O) groups is 2. The molecule has 1 aliphatic heterocycles. The molecule has 1 saturated heterocycles. The zero-order valence-corrected chi connectivity index (χ0v) is 26.7. The van der Waals surface area contributed by atoms with E-state index in [0.29, 0.717) is 16.3 Å². The summed E-state index contributed by atoms with van der Waals surface area (Å²) in [6.07, 6.45) is 1.52. The normalized spacial score (nSPS) is 14.6. The van der Waals surface area contributed by atoms with Crippen molar-refractivity contribution in [1.29, 1.82) is 0 Å². The van der Waals surface area contributed by atoms with Crippen LogP contribution in [0.4, 0.5) is 15.4 Å². The largest absolute Gasteiger partial charge is 0.443 e. The summed E-state index contributed by atoms with van der Waals surface area (Å²) in [7, 11) is 2.14. The first-order valence-electron chi connectivity index (χ1n) is 13.8. The molecule has 1 aliphatic rings. The molecule has 0 spiro atoms. The fourth-order valence-corrected chi connectivity index (χ4v) is 4.68. The van der Waals surface area contributed by atoms with Crippen molar-refractivity contribution in [2.24, 2.45) is 0 Å². The minimum atomic E-state index is -0.962. The van der Waals surface area contributed by atoms with Gasteiger partial charge in [-0.05, 0) is 82.9 Å². The van der Waals surface area contributed by atoms with E-state index in [1.165, 1.54) is 11.8 Å². The molecule has 2 amide bonds. The SMILES string of the molecule is CN(Cc1ccc(-c2cc(-c3nc(Br)cnc3N(C(=O)OC(C)(C)C)C(=O)OC(C)(C)C)on2)cc1)C1CCOCC1. The van der Waals surface area contributed by atoms with Crippen LogP contribution in [0, 0.1) is 0 Å². The number of imide groups is 1. The van der Waals surface area contributed by atoms with Gasteiger partial charge in [0, 0.05) is 37.4 Å². The molecule has 0 unspecified atom stereocenters. The number of hydrogen-bond acceptors (Lipinski definition) is 10. The lowest BCUT2D eigenvalue weighted by Crippen LogP contribution is -2.44. The van der Waals surface area contributed by atoms with Gasteiger partial charge in [0.15, 0.2) is 17.3 Å². The minimum Gasteiger partial charge on any atom is -0.443 e. The summed E-state index contributed by atoms with van der Waals surface area (Å²) in [5, 5.41) is 4.23. The van der Waals surface area contributed by atoms with Gasteiger partial charge in [-0.25, -0.2) is 19.6 Å². The number of carbonyl (C=O) groups excluding carboxylic acids is 2. The first-order valence-corrected chi connectivity index (χ1v) is 14.6. The molecule has 3 aromatic rings. The molecule has 11 nitrogen and oxygen atoms in total. The third-order valence-corrected chi connectivity index (χ3v) is 6.71. The highest BCUT2D eigenvalue weighted by Gasteiger charge is 2.36. The zero-order valence-electron chi connectivity index (χ0n) is 25.1. The second kappa shape index (κ2) is 12.9. The van der Waals surface area contributed by atoms with Crippen LogP contribution in [0.25, 0.3) is 22.7 Å². The Morgan fingerprint density at radius 3 is 2.17 bits per heavy atom. The quantitative estimate of drug-likeness (QED) is 0.282. The molecule has 4 rings (SSSR count). The fraction of sp³-hybridized carbons (Fsp3) is 0.500. The fourth-order valence-electron chi connectivity index (χ4n) is 4.40. The lowest BCUT2D eigenvalue weighted by Gasteiger charge is -2.31. The van der Waals surface area contributed by atoms with Crippen LogP contribution in [0.15, 0.2) is 45.7 Å². The van der Waals surface area contributed by atoms with Crippen LogP contribution < -0.4 is 4.90 Å². The van der Waals surface area contributed by atoms with Gasteiger partial charge in [0.1, 0.15) is 21.5 Å². The van der Waals surface area contributed by atoms with Gasteiger partial charge < -0.3 is 18.7 Å². The number of benzene rings is 1. The molecule has 0 bridgehead atoms. The van der Waals surface area contributed by atoms with Crippen molar-refractivity contribution >= 4 is 33.9 Å². The summed E-state index contributed by atoms with van der Waals surface area (Å²) in [5.41, 5.74) is 0.916. The third kappa shape index (κ3) is 8.36. The molecule has 2 aromatic heterocycles. The molecule has 1 fully saturated rings. The Balaban J connectivity index is 1.62. The van der Waals surface area contributed by atoms with Crippen molar-refractivity contribution in [3.05, 3.63) is 46.7 Å². The van der Waals surface area contributed by atoms with Crippen LogP contribution in [0.5, 0.6) is 0 Å². The second-order valence-electron chi connectivity index (χ2n) is 12.2. The molecule has 3 heterocycles. The summed E-state index contributed by atoms with van der Waals surface area (Å²) < 4.78 is 22.5. The number of aromatic nitrogens is 3. The van der Waals surface area contributed by atoms with E-state index in [0.717, 1.165) is 43.1 Å². The minimum absolute atomic E-state index is 0.106. The maximum atomic E-state index is 13.3. The molecule has 0 atom stereocenters. The lowest BCUT2D eigenvalue weighted by molar-refractivity contribution is 0.0406. The zero-order chi connectivity index (χ0) is 30.7. The van der Waals surface area contributed by atoms with Gasteiger partial charge in [-0.3, -0.25) is 4.90 Å². The van der Waals surface area contributed by atoms with E-state index in [4.69, 9.17) is 18.7 Å². The van der Waals surface area contributed by atoms with Crippen molar-refractivity contribution in [3.8, 4) is 22.7 Å². The maximum Gasteiger partial charge on any atom is 0.425 e. The van der Waals surface area contributed by atoms with Gasteiger partial charge >= 0.3 is 12.2 Å². The molecule has 0 N–H and O–H groups in total. The Morgan fingerprint density at radius 2 is 1.60 bits per heavy atom. The average Bonchev–Trinajstić information content (AvgIpc) is 3.39. The van der Waals surface area contributed by atoms with Crippen molar-refractivity contribution in [1.82, 2.24) is 20.0 Å². The highest BCUT2D eigenvalue weighted by molar-refractivity contribution is 9.10. The van der Waals surface area contributed by atoms with E-state index in [2.05, 4.69) is 55.1 Å². The first-order chi connectivity index (χ1) is 19.7. The smallest absolute Gasteiger partial charge is 0.425 e. The molecule has 0 saturated carbocycles. The molecule has 226 valence electrons. The van der Waals surface area contributed by atoms with Crippen LogP contribution >= 0.6 is 15.9 Å². The number of ether oxygens (including phenoxy) is 3. The molecule has 12 heteroatoms. The van der Waals surface area contributed by atoms with Crippen LogP contribution in [-0.4, -0.2) is 69.7 Å². The van der Waals surface area contributed by atoms with E-state index in [9.17, 15) is 9.59 Å². The number of nitrogens with zero attached hydrogens (tertiary/aromatic N) is 5. The Morgan fingerprint density at radius 1 is 1.00 bits per heavy atom. The second-order valence-corrected chi connectivity index (χ2v) is 13.0. The average molecular weight is 645 g/mol. The van der Waals surface area contributed by atoms with Crippen LogP contribution in [0.1, 0.15) is 59.9 Å². The standard InChI is InChI=1S/C30H38BrN5O6/c1-29(2,3)40-27(37)36(28(38)41-30(4,5)6)26-25(33-24(31)17-32-26)23-16-22(34-42-23)20-10-8-19(9-11-20)18-35(7)21-12-14-39-15-13-21/h8-11,16-17,21H,12-15,18H2,1-7H3. The van der Waals surface area contributed by atoms with Crippen molar-refractivity contribution in [3.63, 3.8) is 0 Å². The maximum absolute atomic E-state index is 13.3. The Kier molecular flexibility index (Phi) is 9.69. The number of amides is 2. The molecule has 0 aliphatic carbocycles. The van der Waals surface area contributed by atoms with Crippen LogP contribution in [0.2, 0.25) is 0 Å². The van der Waals surface area contributed by atoms with E-state index in [-0.39, 0.29) is 17.3 Å². The highest BCUT2D eigenvalue weighted by Crippen LogP contribution is 2.33. The number of rotatable bonds is 6. The van der Waals surface area contributed by atoms with Gasteiger partial charge in [-0.1, -0.05) is 29.4 Å². The first kappa shape index (κ1) is 31.6. The number of halogens is 1. The monoisotopic (exact) mass is 643 g/mol. The van der Waals surface area contributed by atoms with E-state index in [1.54, 1.807) is 47.6 Å². The van der Waals surface area contributed by atoms with Crippen molar-refractivity contribution < 1.29 is 28.3 Å². The molecular weight excluding hydrogens is 606 g/mol. The summed E-state index contributed by atoms with van der Waals surface area (Å²) in [4.78, 5) is 38.4. The predicted molar refractivity (Wildman–Crippen MR) is 161 cm³/mol. The van der Waals surface area contributed by atoms with Crippen LogP contribution in [-0.2, 0) is 20.8 Å². The van der Waals surface area contributed by atoms with Crippen molar-refractivity contribution in [2.75, 3.05) is 25.2 Å². The highest BCUT2D eigenvalue weighted by atomic mass is 79.9. The van der Waals surface area contributed by atoms with Gasteiger partial charge in [-0.15, -0.1) is 0 Å². The summed E-state index contributed by atoms with van der Waals surface area (Å²) in [5.74, 6) is 0.0881. The van der Waals surface area contributed by atoms with E-state index in [1.807, 2.05) is 12.1 Å². The van der Waals surface area contributed by atoms with Crippen LogP contribution in [0.3, 0.4) is 0 Å². The topological polar surface area (TPSA) is 120 Å². The summed E-state index contributed by atoms with van der Waals surface area (Å²) in [6, 6.07) is 10.3. The Hall–Kier alpha value is -3.35. The van der Waals surface area contributed by atoms with Gasteiger partial charge in [0.2, 0.25) is 0 Å².